The quantitative estimate of drug-likeness (QED) is 0.108. The van der Waals surface area contributed by atoms with Crippen LogP contribution in [-0.2, 0) is 24.6 Å². The molecule has 0 radical (unpaired) electrons. The number of imide groups is 1. The number of ketones is 2. The van der Waals surface area contributed by atoms with Crippen molar-refractivity contribution in [2.24, 2.45) is 23.7 Å². The molecule has 4 aromatic rings. The van der Waals surface area contributed by atoms with Crippen LogP contribution < -0.4 is 9.64 Å². The minimum Gasteiger partial charge on any atom is -0.508 e. The predicted octanol–water partition coefficient (Wildman–Crippen LogP) is 6.34. The number of allylic oxidation sites excluding steroid dienone is 4. The average molecular weight is 681 g/mol. The monoisotopic (exact) mass is 680 g/mol. The number of Topliss-reactive ketones (excluding diaryl/α,β-unsaturated/α-hetero) is 1. The van der Waals surface area contributed by atoms with Crippen molar-refractivity contribution in [3.63, 3.8) is 0 Å². The van der Waals surface area contributed by atoms with E-state index in [0.717, 1.165) is 4.90 Å². The number of amides is 2. The number of anilines is 1. The van der Waals surface area contributed by atoms with Gasteiger partial charge >= 0.3 is 0 Å². The van der Waals surface area contributed by atoms with E-state index in [0.29, 0.717) is 28.0 Å². The van der Waals surface area contributed by atoms with Gasteiger partial charge in [0.2, 0.25) is 11.8 Å². The summed E-state index contributed by atoms with van der Waals surface area (Å²) in [5.41, 5.74) is 0.702. The van der Waals surface area contributed by atoms with Crippen molar-refractivity contribution in [1.29, 1.82) is 0 Å². The number of carbonyl (C=O) groups is 4. The molecule has 4 aliphatic rings. The zero-order valence-corrected chi connectivity index (χ0v) is 27.5. The van der Waals surface area contributed by atoms with Crippen molar-refractivity contribution in [3.8, 4) is 11.5 Å². The molecule has 1 saturated carbocycles. The van der Waals surface area contributed by atoms with Crippen LogP contribution in [0.4, 0.5) is 11.4 Å². The molecule has 1 aliphatic heterocycles. The first-order valence-corrected chi connectivity index (χ1v) is 16.8. The number of rotatable bonds is 6. The number of methoxy groups -OCH3 is 1. The van der Waals surface area contributed by atoms with Gasteiger partial charge in [0.25, 0.3) is 5.69 Å². The lowest BCUT2D eigenvalue weighted by Gasteiger charge is -2.55. The number of hydrogen-bond donors (Lipinski definition) is 1. The maximum atomic E-state index is 15.2. The van der Waals surface area contributed by atoms with E-state index in [2.05, 4.69) is 0 Å². The Morgan fingerprint density at radius 1 is 0.863 bits per heavy atom. The van der Waals surface area contributed by atoms with E-state index in [4.69, 9.17) is 4.74 Å². The van der Waals surface area contributed by atoms with Crippen molar-refractivity contribution in [2.45, 2.75) is 24.2 Å². The van der Waals surface area contributed by atoms with Gasteiger partial charge in [0.15, 0.2) is 11.6 Å². The smallest absolute Gasteiger partial charge is 0.271 e. The highest BCUT2D eigenvalue weighted by atomic mass is 16.6. The maximum Gasteiger partial charge on any atom is 0.271 e. The molecule has 1 heterocycles. The predicted molar refractivity (Wildman–Crippen MR) is 187 cm³/mol. The van der Waals surface area contributed by atoms with Crippen molar-refractivity contribution >= 4 is 40.3 Å². The van der Waals surface area contributed by atoms with Gasteiger partial charge in [-0.25, -0.2) is 4.90 Å². The molecule has 1 N–H and O–H groups in total. The summed E-state index contributed by atoms with van der Waals surface area (Å²) < 4.78 is 5.82. The van der Waals surface area contributed by atoms with E-state index in [1.54, 1.807) is 36.4 Å². The van der Waals surface area contributed by atoms with Gasteiger partial charge in [-0.15, -0.1) is 0 Å². The van der Waals surface area contributed by atoms with Crippen molar-refractivity contribution < 1.29 is 33.9 Å². The van der Waals surface area contributed by atoms with Crippen LogP contribution in [0.3, 0.4) is 0 Å². The summed E-state index contributed by atoms with van der Waals surface area (Å²) in [6, 6.07) is 28.3. The van der Waals surface area contributed by atoms with Crippen LogP contribution in [0.15, 0.2) is 121 Å². The normalized spacial score (nSPS) is 26.8. The number of benzene rings is 4. The number of fused-ring (bicyclic) bond motifs is 4. The van der Waals surface area contributed by atoms with Gasteiger partial charge in [0.05, 0.1) is 35.0 Å². The third kappa shape index (κ3) is 4.62. The minimum absolute atomic E-state index is 0.0743. The Bertz CT molecular complexity index is 2210. The lowest BCUT2D eigenvalue weighted by atomic mass is 9.44. The molecule has 1 saturated heterocycles. The fourth-order valence-corrected chi connectivity index (χ4v) is 9.19. The fourth-order valence-electron chi connectivity index (χ4n) is 9.19. The van der Waals surface area contributed by atoms with Crippen LogP contribution >= 0.6 is 0 Å². The molecule has 51 heavy (non-hydrogen) atoms. The van der Waals surface area contributed by atoms with Crippen molar-refractivity contribution in [1.82, 2.24) is 0 Å². The van der Waals surface area contributed by atoms with E-state index in [1.165, 1.54) is 43.5 Å². The molecule has 0 spiro atoms. The summed E-state index contributed by atoms with van der Waals surface area (Å²) in [4.78, 5) is 70.8. The van der Waals surface area contributed by atoms with Crippen LogP contribution in [0.2, 0.25) is 0 Å². The molecule has 0 aromatic heterocycles. The molecule has 0 bridgehead atoms. The Hall–Kier alpha value is -6.16. The molecule has 10 nitrogen and oxygen atoms in total. The molecule has 4 aromatic carbocycles. The molecule has 10 heteroatoms. The van der Waals surface area contributed by atoms with Crippen LogP contribution in [0.1, 0.15) is 35.4 Å². The third-order valence-electron chi connectivity index (χ3n) is 11.2. The Morgan fingerprint density at radius 3 is 2.27 bits per heavy atom. The number of aromatic hydroxyl groups is 1. The number of ether oxygens (including phenoxy) is 1. The van der Waals surface area contributed by atoms with E-state index < -0.39 is 51.7 Å². The highest BCUT2D eigenvalue weighted by molar-refractivity contribution is 6.32. The number of carbonyl (C=O) groups excluding carboxylic acids is 4. The molecule has 2 amide bonds. The van der Waals surface area contributed by atoms with Crippen LogP contribution in [0.5, 0.6) is 11.5 Å². The topological polar surface area (TPSA) is 144 Å². The molecular weight excluding hydrogens is 648 g/mol. The lowest BCUT2D eigenvalue weighted by molar-refractivity contribution is -0.384. The second kappa shape index (κ2) is 12.0. The van der Waals surface area contributed by atoms with Crippen LogP contribution in [0.25, 0.3) is 5.57 Å². The van der Waals surface area contributed by atoms with E-state index >= 15 is 9.59 Å². The van der Waals surface area contributed by atoms with Gasteiger partial charge in [-0.2, -0.15) is 0 Å². The van der Waals surface area contributed by atoms with Gasteiger partial charge in [-0.05, 0) is 54.2 Å². The largest absolute Gasteiger partial charge is 0.508 e. The van der Waals surface area contributed by atoms with Crippen LogP contribution in [0, 0.1) is 33.8 Å². The Kier molecular flexibility index (Phi) is 7.55. The highest BCUT2D eigenvalue weighted by Gasteiger charge is 2.66. The maximum absolute atomic E-state index is 15.2. The fraction of sp³-hybridized carbons (Fsp3) is 0.220. The summed E-state index contributed by atoms with van der Waals surface area (Å²) >= 11 is 0. The second-order valence-electron chi connectivity index (χ2n) is 13.5. The summed E-state index contributed by atoms with van der Waals surface area (Å²) in [6.07, 6.45) is 3.54. The molecule has 6 atom stereocenters. The summed E-state index contributed by atoms with van der Waals surface area (Å²) in [5, 5.41) is 23.2. The zero-order valence-electron chi connectivity index (χ0n) is 27.5. The molecular formula is C41H32N2O8. The zero-order chi connectivity index (χ0) is 35.6. The van der Waals surface area contributed by atoms with Gasteiger partial charge in [-0.1, -0.05) is 84.4 Å². The van der Waals surface area contributed by atoms with Gasteiger partial charge in [0.1, 0.15) is 11.5 Å². The van der Waals surface area contributed by atoms with Crippen molar-refractivity contribution in [2.75, 3.05) is 12.0 Å². The van der Waals surface area contributed by atoms with Crippen LogP contribution in [-0.4, -0.2) is 40.5 Å². The summed E-state index contributed by atoms with van der Waals surface area (Å²) in [6.45, 7) is 0. The molecule has 6 unspecified atom stereocenters. The highest BCUT2D eigenvalue weighted by Crippen LogP contribution is 2.65. The average Bonchev–Trinajstić information content (AvgIpc) is 3.41. The van der Waals surface area contributed by atoms with Gasteiger partial charge in [0, 0.05) is 35.1 Å². The molecule has 3 aliphatic carbocycles. The van der Waals surface area contributed by atoms with Gasteiger partial charge < -0.3 is 9.84 Å². The first kappa shape index (κ1) is 32.1. The number of nitro groups is 1. The summed E-state index contributed by atoms with van der Waals surface area (Å²) in [5.74, 6) is -5.79. The number of phenolic OH excluding ortho intramolecular Hbond substituents is 1. The summed E-state index contributed by atoms with van der Waals surface area (Å²) in [7, 11) is 1.47. The minimum atomic E-state index is -1.54. The SMILES string of the molecule is COc1cccc(O)c1C1C2=CCC3C(=O)N(c4cccc([N+](=O)[O-])c4)C(=O)C3C2CC2C(=O)C(c3ccccc3)=CC(=O)C21c1ccccc1. The number of nitrogens with zero attached hydrogens (tertiary/aromatic N) is 2. The molecule has 254 valence electrons. The van der Waals surface area contributed by atoms with Gasteiger partial charge in [-0.3, -0.25) is 29.3 Å². The Morgan fingerprint density at radius 2 is 1.57 bits per heavy atom. The number of non-ortho nitro benzene ring substituents is 1. The Balaban J connectivity index is 1.37. The second-order valence-corrected chi connectivity index (χ2v) is 13.5. The number of nitro benzene ring substituents is 1. The standard InChI is InChI=1S/C41H32N2O8/c1-51-33-17-9-16-32(44)36(33)37-27-18-19-28-35(40(48)42(39(28)47)25-14-8-15-26(20-25)43(49)50)30(27)21-31-38(46)29(23-10-4-2-5-11-23)22-34(45)41(31,37)24-12-6-3-7-13-24/h2-18,20,22,28,30-31,35,37,44H,19,21H2,1H3. The third-order valence-corrected chi connectivity index (χ3v) is 11.2. The first-order chi connectivity index (χ1) is 24.7. The number of hydrogen-bond acceptors (Lipinski definition) is 8. The number of phenols is 1. The van der Waals surface area contributed by atoms with E-state index in [1.807, 2.05) is 42.5 Å². The van der Waals surface area contributed by atoms with E-state index in [9.17, 15) is 24.8 Å². The van der Waals surface area contributed by atoms with E-state index in [-0.39, 0.29) is 47.1 Å². The Labute approximate surface area is 292 Å². The molecule has 8 rings (SSSR count). The molecule has 2 fully saturated rings. The first-order valence-electron chi connectivity index (χ1n) is 16.8. The van der Waals surface area contributed by atoms with Crippen molar-refractivity contribution in [3.05, 3.63) is 148 Å². The lowest BCUT2D eigenvalue weighted by Crippen LogP contribution is -2.58.